The molecule has 0 bridgehead atoms. The first kappa shape index (κ1) is 23.8. The first-order valence-electron chi connectivity index (χ1n) is 8.50. The highest BCUT2D eigenvalue weighted by atomic mass is 19.4. The molecule has 2 rings (SSSR count). The van der Waals surface area contributed by atoms with Crippen LogP contribution >= 0.6 is 0 Å². The topological polar surface area (TPSA) is 41.6 Å². The van der Waals surface area contributed by atoms with E-state index in [0.29, 0.717) is 6.07 Å². The van der Waals surface area contributed by atoms with Crippen molar-refractivity contribution in [3.05, 3.63) is 29.1 Å². The maximum absolute atomic E-state index is 14.8. The van der Waals surface area contributed by atoms with E-state index in [0.717, 1.165) is 6.20 Å². The molecule has 0 N–H and O–H groups in total. The summed E-state index contributed by atoms with van der Waals surface area (Å²) >= 11 is 0. The van der Waals surface area contributed by atoms with Gasteiger partial charge in [-0.15, -0.1) is 0 Å². The third-order valence-electron chi connectivity index (χ3n) is 4.50. The zero-order valence-corrected chi connectivity index (χ0v) is 16.1. The maximum atomic E-state index is 14.8. The molecule has 0 atom stereocenters. The summed E-state index contributed by atoms with van der Waals surface area (Å²) in [5.41, 5.74) is -4.00. The molecule has 0 saturated heterocycles. The largest absolute Gasteiger partial charge is 0.460 e. The number of pyridine rings is 1. The number of aryl methyl sites for hydroxylation is 1. The van der Waals surface area contributed by atoms with E-state index in [4.69, 9.17) is 0 Å². The Hall–Kier alpha value is -2.45. The molecule has 3 nitrogen and oxygen atoms in total. The van der Waals surface area contributed by atoms with Gasteiger partial charge in [0.2, 0.25) is 0 Å². The first-order chi connectivity index (χ1) is 13.3. The average Bonchev–Trinajstić information content (AvgIpc) is 2.98. The number of halogens is 9. The van der Waals surface area contributed by atoms with Gasteiger partial charge in [-0.05, 0) is 33.3 Å². The van der Waals surface area contributed by atoms with Gasteiger partial charge < -0.3 is 4.57 Å². The Labute approximate surface area is 165 Å². The molecule has 0 fully saturated rings. The summed E-state index contributed by atoms with van der Waals surface area (Å²) in [5, 5.41) is 8.36. The van der Waals surface area contributed by atoms with Crippen LogP contribution in [0.4, 0.5) is 39.5 Å². The van der Waals surface area contributed by atoms with Gasteiger partial charge in [-0.1, -0.05) is 6.92 Å². The van der Waals surface area contributed by atoms with E-state index in [1.165, 1.54) is 17.6 Å². The van der Waals surface area contributed by atoms with Crippen LogP contribution in [-0.2, 0) is 17.9 Å². The van der Waals surface area contributed by atoms with Crippen molar-refractivity contribution in [1.82, 2.24) is 9.55 Å². The number of fused-ring (bicyclic) bond motifs is 1. The Morgan fingerprint density at radius 1 is 0.967 bits per heavy atom. The van der Waals surface area contributed by atoms with E-state index in [9.17, 15) is 44.8 Å². The van der Waals surface area contributed by atoms with Crippen molar-refractivity contribution >= 4 is 11.0 Å². The van der Waals surface area contributed by atoms with E-state index >= 15 is 0 Å². The highest BCUT2D eigenvalue weighted by Gasteiger charge is 2.82. The van der Waals surface area contributed by atoms with Crippen molar-refractivity contribution in [2.24, 2.45) is 0 Å². The summed E-state index contributed by atoms with van der Waals surface area (Å²) in [4.78, 5) is 4.02. The molecule has 0 spiro atoms. The first-order valence-corrected chi connectivity index (χ1v) is 8.50. The lowest BCUT2D eigenvalue weighted by molar-refractivity contribution is -0.399. The zero-order valence-electron chi connectivity index (χ0n) is 16.1. The molecule has 0 radical (unpaired) electrons. The molecule has 166 valence electrons. The lowest BCUT2D eigenvalue weighted by Gasteiger charge is -2.34. The number of alkyl halides is 9. The monoisotopic (exact) mass is 445 g/mol. The predicted octanol–water partition coefficient (Wildman–Crippen LogP) is 6.15. The van der Waals surface area contributed by atoms with E-state index in [-0.39, 0.29) is 12.1 Å². The summed E-state index contributed by atoms with van der Waals surface area (Å²) < 4.78 is 123. The van der Waals surface area contributed by atoms with E-state index < -0.39 is 51.6 Å². The smallest absolute Gasteiger partial charge is 0.326 e. The van der Waals surface area contributed by atoms with Gasteiger partial charge in [-0.25, -0.2) is 4.98 Å². The van der Waals surface area contributed by atoms with E-state index in [1.54, 1.807) is 20.8 Å². The van der Waals surface area contributed by atoms with Crippen molar-refractivity contribution in [1.29, 1.82) is 5.26 Å². The quantitative estimate of drug-likeness (QED) is 0.530. The van der Waals surface area contributed by atoms with Crippen LogP contribution in [0.5, 0.6) is 0 Å². The molecule has 2 aromatic heterocycles. The average molecular weight is 445 g/mol. The summed E-state index contributed by atoms with van der Waals surface area (Å²) in [7, 11) is 0. The highest BCUT2D eigenvalue weighted by molar-refractivity contribution is 5.88. The molecule has 2 aromatic rings. The van der Waals surface area contributed by atoms with Crippen molar-refractivity contribution in [2.75, 3.05) is 0 Å². The SMILES string of the molecule is CCc1cc(C(F)(F)C(F)(F)C(F)(F)C(F)(F)F)c2c(C#N)cn(C(C)(C)C)c2n1. The minimum absolute atomic E-state index is 0.114. The zero-order chi connectivity index (χ0) is 23.5. The van der Waals surface area contributed by atoms with Gasteiger partial charge in [-0.2, -0.15) is 44.8 Å². The van der Waals surface area contributed by atoms with Gasteiger partial charge in [0.05, 0.1) is 5.56 Å². The third-order valence-corrected chi connectivity index (χ3v) is 4.50. The Kier molecular flexibility index (Phi) is 5.39. The Morgan fingerprint density at radius 2 is 1.50 bits per heavy atom. The summed E-state index contributed by atoms with van der Waals surface area (Å²) in [5.74, 6) is -19.9. The van der Waals surface area contributed by atoms with Crippen molar-refractivity contribution in [3.63, 3.8) is 0 Å². The minimum atomic E-state index is -7.04. The van der Waals surface area contributed by atoms with Crippen LogP contribution in [0.25, 0.3) is 11.0 Å². The summed E-state index contributed by atoms with van der Waals surface area (Å²) in [6, 6.07) is 1.81. The molecular formula is C18H16F9N3. The van der Waals surface area contributed by atoms with Crippen molar-refractivity contribution in [2.45, 2.75) is 63.6 Å². The second-order valence-corrected chi connectivity index (χ2v) is 7.63. The lowest BCUT2D eigenvalue weighted by atomic mass is 9.93. The highest BCUT2D eigenvalue weighted by Crippen LogP contribution is 2.57. The van der Waals surface area contributed by atoms with Gasteiger partial charge in [0.25, 0.3) is 0 Å². The van der Waals surface area contributed by atoms with E-state index in [2.05, 4.69) is 4.98 Å². The molecule has 0 unspecified atom stereocenters. The Morgan fingerprint density at radius 3 is 1.90 bits per heavy atom. The summed E-state index contributed by atoms with van der Waals surface area (Å²) in [6.45, 7) is 6.10. The van der Waals surface area contributed by atoms with Crippen LogP contribution in [0.3, 0.4) is 0 Å². The van der Waals surface area contributed by atoms with Crippen molar-refractivity contribution < 1.29 is 39.5 Å². The van der Waals surface area contributed by atoms with Gasteiger partial charge in [-0.3, -0.25) is 0 Å². The standard InChI is InChI=1S/C18H16F9N3/c1-5-10-6-11(15(19,20)16(21,22)17(23,24)18(25,26)27)12-9(7-28)8-30(13(12)29-10)14(2,3)4/h6,8H,5H2,1-4H3. The molecule has 0 aliphatic heterocycles. The number of rotatable bonds is 4. The molecule has 30 heavy (non-hydrogen) atoms. The van der Waals surface area contributed by atoms with Crippen LogP contribution in [0.2, 0.25) is 0 Å². The maximum Gasteiger partial charge on any atom is 0.460 e. The molecule has 12 heteroatoms. The molecule has 0 amide bonds. The van der Waals surface area contributed by atoms with Gasteiger partial charge in [0, 0.05) is 28.4 Å². The van der Waals surface area contributed by atoms with Gasteiger partial charge in [0.1, 0.15) is 11.7 Å². The molecular weight excluding hydrogens is 429 g/mol. The fourth-order valence-electron chi connectivity index (χ4n) is 2.85. The lowest BCUT2D eigenvalue weighted by Crippen LogP contribution is -2.59. The normalized spacial score (nSPS) is 14.3. The fraction of sp³-hybridized carbons (Fsp3) is 0.556. The molecule has 0 saturated carbocycles. The third kappa shape index (κ3) is 3.28. The second-order valence-electron chi connectivity index (χ2n) is 7.63. The van der Waals surface area contributed by atoms with Gasteiger partial charge in [0.15, 0.2) is 0 Å². The number of nitrogens with zero attached hydrogens (tertiary/aromatic N) is 3. The Bertz CT molecular complexity index is 1010. The van der Waals surface area contributed by atoms with Crippen LogP contribution in [-0.4, -0.2) is 27.6 Å². The predicted molar refractivity (Wildman–Crippen MR) is 88.7 cm³/mol. The minimum Gasteiger partial charge on any atom is -0.326 e. The van der Waals surface area contributed by atoms with Crippen LogP contribution in [0.1, 0.15) is 44.5 Å². The van der Waals surface area contributed by atoms with Crippen LogP contribution in [0.15, 0.2) is 12.3 Å². The molecule has 0 aromatic carbocycles. The van der Waals surface area contributed by atoms with Crippen LogP contribution in [0, 0.1) is 11.3 Å². The van der Waals surface area contributed by atoms with Crippen molar-refractivity contribution in [3.8, 4) is 6.07 Å². The molecule has 0 aliphatic carbocycles. The van der Waals surface area contributed by atoms with Crippen LogP contribution < -0.4 is 0 Å². The number of nitriles is 1. The molecule has 0 aliphatic rings. The number of aromatic nitrogens is 2. The fourth-order valence-corrected chi connectivity index (χ4v) is 2.85. The second kappa shape index (κ2) is 6.78. The Balaban J connectivity index is 3.00. The summed E-state index contributed by atoms with van der Waals surface area (Å²) in [6.07, 6.45) is -6.04. The number of hydrogen-bond donors (Lipinski definition) is 0. The number of hydrogen-bond acceptors (Lipinski definition) is 2. The van der Waals surface area contributed by atoms with Gasteiger partial charge >= 0.3 is 23.9 Å². The van der Waals surface area contributed by atoms with E-state index in [1.807, 2.05) is 0 Å². The molecule has 2 heterocycles.